The molecule has 0 radical (unpaired) electrons. The van der Waals surface area contributed by atoms with Gasteiger partial charge in [0.05, 0.1) is 4.92 Å². The first-order valence-corrected chi connectivity index (χ1v) is 8.38. The lowest BCUT2D eigenvalue weighted by Crippen LogP contribution is -2.22. The molecule has 0 bridgehead atoms. The highest BCUT2D eigenvalue weighted by Crippen LogP contribution is 2.25. The summed E-state index contributed by atoms with van der Waals surface area (Å²) in [5, 5.41) is 21.2. The molecule has 1 N–H and O–H groups in total. The number of non-ortho nitro benzene ring substituents is 1. The molecule has 3 aromatic carbocycles. The van der Waals surface area contributed by atoms with Crippen LogP contribution >= 0.6 is 0 Å². The monoisotopic (exact) mass is 348 g/mol. The van der Waals surface area contributed by atoms with Gasteiger partial charge in [-0.15, -0.1) is 0 Å². The van der Waals surface area contributed by atoms with Gasteiger partial charge < -0.3 is 5.11 Å². The van der Waals surface area contributed by atoms with Crippen LogP contribution < -0.4 is 0 Å². The van der Waals surface area contributed by atoms with E-state index in [2.05, 4.69) is 4.90 Å². The second-order valence-corrected chi connectivity index (χ2v) is 6.19. The summed E-state index contributed by atoms with van der Waals surface area (Å²) in [6.07, 6.45) is 0. The van der Waals surface area contributed by atoms with Gasteiger partial charge in [0, 0.05) is 37.3 Å². The van der Waals surface area contributed by atoms with Crippen molar-refractivity contribution in [3.05, 3.63) is 106 Å². The summed E-state index contributed by atoms with van der Waals surface area (Å²) >= 11 is 0. The van der Waals surface area contributed by atoms with E-state index < -0.39 is 4.92 Å². The lowest BCUT2D eigenvalue weighted by Gasteiger charge is -2.23. The summed E-state index contributed by atoms with van der Waals surface area (Å²) in [5.74, 6) is 0.0710. The van der Waals surface area contributed by atoms with E-state index in [0.717, 1.165) is 11.1 Å². The van der Waals surface area contributed by atoms with Crippen LogP contribution in [0.1, 0.15) is 16.7 Å². The van der Waals surface area contributed by atoms with Crippen molar-refractivity contribution in [3.8, 4) is 5.75 Å². The Kier molecular flexibility index (Phi) is 5.61. The SMILES string of the molecule is O=[N+]([O-])c1ccc(O)c(CN(Cc2ccccc2)Cc2ccccc2)c1. The highest BCUT2D eigenvalue weighted by molar-refractivity contribution is 5.43. The quantitative estimate of drug-likeness (QED) is 0.504. The Balaban J connectivity index is 1.85. The summed E-state index contributed by atoms with van der Waals surface area (Å²) < 4.78 is 0. The van der Waals surface area contributed by atoms with Crippen molar-refractivity contribution < 1.29 is 10.0 Å². The molecule has 0 aromatic heterocycles. The zero-order valence-corrected chi connectivity index (χ0v) is 14.3. The lowest BCUT2D eigenvalue weighted by atomic mass is 10.1. The fourth-order valence-corrected chi connectivity index (χ4v) is 2.90. The van der Waals surface area contributed by atoms with Gasteiger partial charge in [-0.05, 0) is 17.2 Å². The van der Waals surface area contributed by atoms with Crippen LogP contribution in [0.15, 0.2) is 78.9 Å². The molecule has 0 spiro atoms. The number of aromatic hydroxyl groups is 1. The van der Waals surface area contributed by atoms with E-state index in [9.17, 15) is 15.2 Å². The van der Waals surface area contributed by atoms with Gasteiger partial charge in [0.2, 0.25) is 0 Å². The zero-order chi connectivity index (χ0) is 18.4. The standard InChI is InChI=1S/C21H20N2O3/c24-21-12-11-20(23(25)26)13-19(21)16-22(14-17-7-3-1-4-8-17)15-18-9-5-2-6-10-18/h1-13,24H,14-16H2. The Morgan fingerprint density at radius 2 is 1.35 bits per heavy atom. The summed E-state index contributed by atoms with van der Waals surface area (Å²) in [7, 11) is 0. The van der Waals surface area contributed by atoms with E-state index in [1.54, 1.807) is 0 Å². The first kappa shape index (κ1) is 17.6. The first-order valence-electron chi connectivity index (χ1n) is 8.38. The average molecular weight is 348 g/mol. The van der Waals surface area contributed by atoms with Crippen LogP contribution in [0.25, 0.3) is 0 Å². The van der Waals surface area contributed by atoms with Crippen molar-refractivity contribution in [2.75, 3.05) is 0 Å². The summed E-state index contributed by atoms with van der Waals surface area (Å²) in [6.45, 7) is 1.77. The number of nitro benzene ring substituents is 1. The topological polar surface area (TPSA) is 66.6 Å². The minimum atomic E-state index is -0.443. The van der Waals surface area contributed by atoms with Gasteiger partial charge in [-0.25, -0.2) is 0 Å². The molecule has 132 valence electrons. The molecule has 0 aliphatic rings. The Morgan fingerprint density at radius 1 is 0.808 bits per heavy atom. The summed E-state index contributed by atoms with van der Waals surface area (Å²) in [4.78, 5) is 12.8. The van der Waals surface area contributed by atoms with Crippen molar-refractivity contribution in [2.45, 2.75) is 19.6 Å². The van der Waals surface area contributed by atoms with Crippen LogP contribution in [0, 0.1) is 10.1 Å². The Bertz CT molecular complexity index is 825. The van der Waals surface area contributed by atoms with E-state index in [4.69, 9.17) is 0 Å². The molecule has 5 heteroatoms. The molecule has 0 heterocycles. The molecule has 3 aromatic rings. The minimum Gasteiger partial charge on any atom is -0.508 e. The van der Waals surface area contributed by atoms with Gasteiger partial charge in [-0.1, -0.05) is 60.7 Å². The van der Waals surface area contributed by atoms with Gasteiger partial charge in [-0.3, -0.25) is 15.0 Å². The van der Waals surface area contributed by atoms with Crippen molar-refractivity contribution in [1.29, 1.82) is 0 Å². The fourth-order valence-electron chi connectivity index (χ4n) is 2.90. The number of phenols is 1. The molecule has 0 saturated carbocycles. The zero-order valence-electron chi connectivity index (χ0n) is 14.3. The smallest absolute Gasteiger partial charge is 0.270 e. The molecule has 0 aliphatic carbocycles. The normalized spacial score (nSPS) is 10.8. The molecule has 26 heavy (non-hydrogen) atoms. The highest BCUT2D eigenvalue weighted by Gasteiger charge is 2.15. The van der Waals surface area contributed by atoms with E-state index in [1.807, 2.05) is 60.7 Å². The van der Waals surface area contributed by atoms with E-state index in [0.29, 0.717) is 25.2 Å². The summed E-state index contributed by atoms with van der Waals surface area (Å²) in [6, 6.07) is 24.2. The van der Waals surface area contributed by atoms with E-state index >= 15 is 0 Å². The second kappa shape index (κ2) is 8.27. The molecule has 0 unspecified atom stereocenters. The highest BCUT2D eigenvalue weighted by atomic mass is 16.6. The van der Waals surface area contributed by atoms with Gasteiger partial charge in [0.15, 0.2) is 0 Å². The van der Waals surface area contributed by atoms with Crippen LogP contribution in [-0.4, -0.2) is 14.9 Å². The van der Waals surface area contributed by atoms with Crippen LogP contribution in [0.5, 0.6) is 5.75 Å². The maximum absolute atomic E-state index is 11.0. The number of nitrogens with zero attached hydrogens (tertiary/aromatic N) is 2. The third-order valence-electron chi connectivity index (χ3n) is 4.17. The number of benzene rings is 3. The van der Waals surface area contributed by atoms with Gasteiger partial charge >= 0.3 is 0 Å². The third-order valence-corrected chi connectivity index (χ3v) is 4.17. The number of nitro groups is 1. The maximum Gasteiger partial charge on any atom is 0.270 e. The van der Waals surface area contributed by atoms with Crippen molar-refractivity contribution in [1.82, 2.24) is 4.90 Å². The second-order valence-electron chi connectivity index (χ2n) is 6.19. The van der Waals surface area contributed by atoms with E-state index in [1.165, 1.54) is 18.2 Å². The Labute approximate surface area is 152 Å². The number of hydrogen-bond donors (Lipinski definition) is 1. The van der Waals surface area contributed by atoms with Crippen molar-refractivity contribution in [2.24, 2.45) is 0 Å². The average Bonchev–Trinajstić information content (AvgIpc) is 2.65. The lowest BCUT2D eigenvalue weighted by molar-refractivity contribution is -0.385. The molecular formula is C21H20N2O3. The van der Waals surface area contributed by atoms with Crippen LogP contribution in [0.2, 0.25) is 0 Å². The Hall–Kier alpha value is -3.18. The largest absolute Gasteiger partial charge is 0.508 e. The Morgan fingerprint density at radius 3 is 1.85 bits per heavy atom. The number of hydrogen-bond acceptors (Lipinski definition) is 4. The molecule has 0 aliphatic heterocycles. The molecule has 0 saturated heterocycles. The summed E-state index contributed by atoms with van der Waals surface area (Å²) in [5.41, 5.74) is 2.82. The predicted octanol–water partition coefficient (Wildman–Crippen LogP) is 4.50. The van der Waals surface area contributed by atoms with Crippen molar-refractivity contribution >= 4 is 5.69 Å². The molecule has 5 nitrogen and oxygen atoms in total. The fraction of sp³-hybridized carbons (Fsp3) is 0.143. The number of phenolic OH excluding ortho intramolecular Hbond substituents is 1. The minimum absolute atomic E-state index is 0.0165. The predicted molar refractivity (Wildman–Crippen MR) is 101 cm³/mol. The first-order chi connectivity index (χ1) is 12.6. The van der Waals surface area contributed by atoms with Crippen LogP contribution in [-0.2, 0) is 19.6 Å². The van der Waals surface area contributed by atoms with Gasteiger partial charge in [0.25, 0.3) is 5.69 Å². The van der Waals surface area contributed by atoms with Gasteiger partial charge in [0.1, 0.15) is 5.75 Å². The molecule has 0 atom stereocenters. The molecular weight excluding hydrogens is 328 g/mol. The molecule has 0 fully saturated rings. The van der Waals surface area contributed by atoms with Crippen LogP contribution in [0.4, 0.5) is 5.69 Å². The van der Waals surface area contributed by atoms with E-state index in [-0.39, 0.29) is 11.4 Å². The molecule has 3 rings (SSSR count). The van der Waals surface area contributed by atoms with Crippen molar-refractivity contribution in [3.63, 3.8) is 0 Å². The maximum atomic E-state index is 11.0. The van der Waals surface area contributed by atoms with Gasteiger partial charge in [-0.2, -0.15) is 0 Å². The van der Waals surface area contributed by atoms with Crippen LogP contribution in [0.3, 0.4) is 0 Å². The molecule has 0 amide bonds. The number of rotatable bonds is 7. The third kappa shape index (κ3) is 4.68.